The van der Waals surface area contributed by atoms with Gasteiger partial charge < -0.3 is 20.8 Å². The molecule has 1 amide bonds. The largest absolute Gasteiger partial charge is 0.384 e. The first-order valence-corrected chi connectivity index (χ1v) is 10.5. The topological polar surface area (TPSA) is 92.8 Å². The molecule has 0 bridgehead atoms. The van der Waals surface area contributed by atoms with Gasteiger partial charge in [-0.2, -0.15) is 0 Å². The minimum absolute atomic E-state index is 0.117. The molecular formula is C23H31N5O2. The van der Waals surface area contributed by atoms with Gasteiger partial charge in [-0.3, -0.25) is 4.79 Å². The van der Waals surface area contributed by atoms with Crippen molar-refractivity contribution in [2.45, 2.75) is 46.1 Å². The highest BCUT2D eigenvalue weighted by Gasteiger charge is 2.13. The van der Waals surface area contributed by atoms with E-state index in [0.29, 0.717) is 5.56 Å². The lowest BCUT2D eigenvalue weighted by molar-refractivity contribution is -0.126. The van der Waals surface area contributed by atoms with E-state index >= 15 is 0 Å². The zero-order valence-electron chi connectivity index (χ0n) is 18.0. The number of nitrogens with one attached hydrogen (secondary N) is 1. The minimum Gasteiger partial charge on any atom is -0.384 e. The fraction of sp³-hybridized carbons (Fsp3) is 0.435. The van der Waals surface area contributed by atoms with Crippen LogP contribution in [-0.4, -0.2) is 36.4 Å². The summed E-state index contributed by atoms with van der Waals surface area (Å²) in [6.07, 6.45) is 5.37. The number of aryl methyl sites for hydroxylation is 2. The molecule has 30 heavy (non-hydrogen) atoms. The number of pyridine rings is 1. The van der Waals surface area contributed by atoms with Crippen molar-refractivity contribution in [1.82, 2.24) is 10.3 Å². The van der Waals surface area contributed by atoms with Crippen molar-refractivity contribution in [2.24, 2.45) is 10.9 Å². The summed E-state index contributed by atoms with van der Waals surface area (Å²) in [4.78, 5) is 24.1. The third-order valence-electron chi connectivity index (χ3n) is 5.49. The number of oxime groups is 1. The number of nitrogens with two attached hydrogens (primary N) is 1. The molecule has 0 saturated carbocycles. The van der Waals surface area contributed by atoms with E-state index in [4.69, 9.17) is 10.6 Å². The Morgan fingerprint density at radius 2 is 1.97 bits per heavy atom. The number of aromatic nitrogens is 1. The number of carbonyl (C=O) groups excluding carboxylic acids is 1. The van der Waals surface area contributed by atoms with E-state index in [9.17, 15) is 4.79 Å². The van der Waals surface area contributed by atoms with Crippen LogP contribution in [0.4, 0.5) is 5.82 Å². The molecule has 1 saturated heterocycles. The maximum Gasteiger partial charge on any atom is 0.261 e. The summed E-state index contributed by atoms with van der Waals surface area (Å²) in [7, 11) is 0. The van der Waals surface area contributed by atoms with Crippen molar-refractivity contribution in [3.8, 4) is 0 Å². The molecule has 1 aromatic heterocycles. The minimum atomic E-state index is -0.254. The molecule has 1 unspecified atom stereocenters. The van der Waals surface area contributed by atoms with E-state index in [2.05, 4.69) is 46.3 Å². The average molecular weight is 410 g/mol. The van der Waals surface area contributed by atoms with Gasteiger partial charge in [0.25, 0.3) is 5.91 Å². The van der Waals surface area contributed by atoms with Crippen LogP contribution in [0.1, 0.15) is 54.5 Å². The van der Waals surface area contributed by atoms with Crippen LogP contribution < -0.4 is 16.0 Å². The van der Waals surface area contributed by atoms with Gasteiger partial charge in [0.1, 0.15) is 5.82 Å². The molecular weight excluding hydrogens is 378 g/mol. The van der Waals surface area contributed by atoms with E-state index in [1.54, 1.807) is 6.20 Å². The molecule has 7 nitrogen and oxygen atoms in total. The van der Waals surface area contributed by atoms with Crippen LogP contribution in [0.25, 0.3) is 0 Å². The first kappa shape index (κ1) is 21.6. The molecule has 0 spiro atoms. The number of amides is 1. The van der Waals surface area contributed by atoms with E-state index < -0.39 is 0 Å². The standard InChI is InChI=1S/C23H31N5O2/c1-16-7-8-19(13-17(16)2)18(3)26-22(29)15-30-27-23(24)20-9-10-21(25-14-20)28-11-5-4-6-12-28/h7-10,13-14,18H,4-6,11-12,15H2,1-3H3,(H2,24,27)(H,26,29). The number of benzene rings is 1. The number of nitrogens with zero attached hydrogens (tertiary/aromatic N) is 3. The van der Waals surface area contributed by atoms with Crippen molar-refractivity contribution in [3.05, 3.63) is 58.8 Å². The Morgan fingerprint density at radius 3 is 2.63 bits per heavy atom. The summed E-state index contributed by atoms with van der Waals surface area (Å²) in [5.41, 5.74) is 10.1. The lowest BCUT2D eigenvalue weighted by atomic mass is 10.0. The Morgan fingerprint density at radius 1 is 1.20 bits per heavy atom. The molecule has 1 atom stereocenters. The third kappa shape index (κ3) is 5.72. The molecule has 1 fully saturated rings. The second kappa shape index (κ2) is 10.1. The van der Waals surface area contributed by atoms with Gasteiger partial charge in [0.2, 0.25) is 0 Å². The van der Waals surface area contributed by atoms with Crippen LogP contribution in [-0.2, 0) is 9.63 Å². The number of piperidine rings is 1. The number of amidine groups is 1. The fourth-order valence-corrected chi connectivity index (χ4v) is 3.46. The van der Waals surface area contributed by atoms with E-state index in [0.717, 1.165) is 24.5 Å². The van der Waals surface area contributed by atoms with Crippen molar-refractivity contribution in [2.75, 3.05) is 24.6 Å². The zero-order valence-corrected chi connectivity index (χ0v) is 18.0. The Kier molecular flexibility index (Phi) is 7.27. The Hall–Kier alpha value is -3.09. The van der Waals surface area contributed by atoms with Crippen LogP contribution >= 0.6 is 0 Å². The van der Waals surface area contributed by atoms with E-state index in [1.165, 1.54) is 30.4 Å². The first-order valence-electron chi connectivity index (χ1n) is 10.5. The molecule has 2 heterocycles. The third-order valence-corrected chi connectivity index (χ3v) is 5.49. The first-order chi connectivity index (χ1) is 14.4. The Labute approximate surface area is 178 Å². The lowest BCUT2D eigenvalue weighted by Crippen LogP contribution is -2.30. The monoisotopic (exact) mass is 409 g/mol. The summed E-state index contributed by atoms with van der Waals surface area (Å²) in [6, 6.07) is 9.86. The van der Waals surface area contributed by atoms with Crippen LogP contribution in [0, 0.1) is 13.8 Å². The SMILES string of the molecule is Cc1ccc(C(C)NC(=O)CO/N=C(\N)c2ccc(N3CCCCC3)nc2)cc1C. The molecule has 1 aliphatic heterocycles. The van der Waals surface area contributed by atoms with Gasteiger partial charge in [0, 0.05) is 24.8 Å². The van der Waals surface area contributed by atoms with Crippen LogP contribution in [0.3, 0.4) is 0 Å². The number of anilines is 1. The Balaban J connectivity index is 1.49. The van der Waals surface area contributed by atoms with Crippen LogP contribution in [0.5, 0.6) is 0 Å². The molecule has 0 aliphatic carbocycles. The van der Waals surface area contributed by atoms with Gasteiger partial charge in [0.15, 0.2) is 12.4 Å². The normalized spacial score (nSPS) is 15.6. The fourth-order valence-electron chi connectivity index (χ4n) is 3.46. The number of hydrogen-bond donors (Lipinski definition) is 2. The number of rotatable bonds is 7. The van der Waals surface area contributed by atoms with Gasteiger partial charge in [-0.05, 0) is 68.9 Å². The number of hydrogen-bond acceptors (Lipinski definition) is 5. The lowest BCUT2D eigenvalue weighted by Gasteiger charge is -2.27. The summed E-state index contributed by atoms with van der Waals surface area (Å²) in [6.45, 7) is 7.94. The van der Waals surface area contributed by atoms with Gasteiger partial charge in [-0.15, -0.1) is 0 Å². The zero-order chi connectivity index (χ0) is 21.5. The highest BCUT2D eigenvalue weighted by molar-refractivity contribution is 5.97. The van der Waals surface area contributed by atoms with Crippen molar-refractivity contribution >= 4 is 17.6 Å². The van der Waals surface area contributed by atoms with Gasteiger partial charge >= 0.3 is 0 Å². The van der Waals surface area contributed by atoms with Gasteiger partial charge in [0.05, 0.1) is 6.04 Å². The maximum absolute atomic E-state index is 12.2. The maximum atomic E-state index is 12.2. The smallest absolute Gasteiger partial charge is 0.261 e. The molecule has 1 aliphatic rings. The predicted molar refractivity (Wildman–Crippen MR) is 119 cm³/mol. The molecule has 160 valence electrons. The average Bonchev–Trinajstić information content (AvgIpc) is 2.76. The predicted octanol–water partition coefficient (Wildman–Crippen LogP) is 3.20. The number of carbonyl (C=O) groups is 1. The summed E-state index contributed by atoms with van der Waals surface area (Å²) in [5.74, 6) is 0.894. The second-order valence-corrected chi connectivity index (χ2v) is 7.84. The summed E-state index contributed by atoms with van der Waals surface area (Å²) >= 11 is 0. The quantitative estimate of drug-likeness (QED) is 0.416. The van der Waals surface area contributed by atoms with Crippen LogP contribution in [0.15, 0.2) is 41.7 Å². The molecule has 0 radical (unpaired) electrons. The van der Waals surface area contributed by atoms with Crippen molar-refractivity contribution in [1.29, 1.82) is 0 Å². The summed E-state index contributed by atoms with van der Waals surface area (Å²) < 4.78 is 0. The molecule has 3 rings (SSSR count). The van der Waals surface area contributed by atoms with Crippen molar-refractivity contribution < 1.29 is 9.63 Å². The molecule has 2 aromatic rings. The van der Waals surface area contributed by atoms with Gasteiger partial charge in [-0.25, -0.2) is 4.98 Å². The van der Waals surface area contributed by atoms with Crippen molar-refractivity contribution in [3.63, 3.8) is 0 Å². The summed E-state index contributed by atoms with van der Waals surface area (Å²) in [5, 5.41) is 6.77. The van der Waals surface area contributed by atoms with E-state index in [-0.39, 0.29) is 24.4 Å². The molecule has 3 N–H and O–H groups in total. The highest BCUT2D eigenvalue weighted by atomic mass is 16.6. The second-order valence-electron chi connectivity index (χ2n) is 7.84. The van der Waals surface area contributed by atoms with Crippen LogP contribution in [0.2, 0.25) is 0 Å². The Bertz CT molecular complexity index is 889. The molecule has 7 heteroatoms. The van der Waals surface area contributed by atoms with E-state index in [1.807, 2.05) is 25.1 Å². The molecule has 1 aromatic carbocycles. The highest BCUT2D eigenvalue weighted by Crippen LogP contribution is 2.18. The van der Waals surface area contributed by atoms with Gasteiger partial charge in [-0.1, -0.05) is 23.4 Å².